The summed E-state index contributed by atoms with van der Waals surface area (Å²) in [4.78, 5) is 14.5. The van der Waals surface area contributed by atoms with Crippen LogP contribution in [-0.2, 0) is 4.79 Å². The van der Waals surface area contributed by atoms with Crippen LogP contribution in [0.2, 0.25) is 0 Å². The first-order chi connectivity index (χ1) is 10.7. The first-order valence-corrected chi connectivity index (χ1v) is 8.20. The van der Waals surface area contributed by atoms with E-state index in [9.17, 15) is 4.79 Å². The van der Waals surface area contributed by atoms with Crippen LogP contribution < -0.4 is 15.4 Å². The highest BCUT2D eigenvalue weighted by Crippen LogP contribution is 2.16. The van der Waals surface area contributed by atoms with Crippen molar-refractivity contribution < 1.29 is 9.53 Å². The molecule has 0 saturated carbocycles. The van der Waals surface area contributed by atoms with Crippen molar-refractivity contribution in [2.75, 3.05) is 38.1 Å². The Bertz CT molecular complexity index is 461. The van der Waals surface area contributed by atoms with E-state index in [0.717, 1.165) is 43.9 Å². The number of nitrogens with zero attached hydrogens (tertiary/aromatic N) is 1. The third kappa shape index (κ3) is 6.37. The van der Waals surface area contributed by atoms with Gasteiger partial charge in [-0.1, -0.05) is 6.92 Å². The number of anilines is 1. The Balaban J connectivity index is 0.00000264. The quantitative estimate of drug-likeness (QED) is 0.763. The molecule has 130 valence electrons. The number of hydrogen-bond acceptors (Lipinski definition) is 4. The summed E-state index contributed by atoms with van der Waals surface area (Å²) in [6, 6.07) is 7.99. The van der Waals surface area contributed by atoms with Gasteiger partial charge < -0.3 is 15.4 Å². The van der Waals surface area contributed by atoms with Gasteiger partial charge in [0.05, 0.1) is 13.2 Å². The van der Waals surface area contributed by atoms with Crippen LogP contribution in [0.5, 0.6) is 5.75 Å². The maximum Gasteiger partial charge on any atom is 0.238 e. The number of carbonyl (C=O) groups excluding carboxylic acids is 1. The predicted molar refractivity (Wildman–Crippen MR) is 96.6 cm³/mol. The largest absolute Gasteiger partial charge is 0.494 e. The van der Waals surface area contributed by atoms with Gasteiger partial charge in [-0.15, -0.1) is 12.4 Å². The van der Waals surface area contributed by atoms with Crippen LogP contribution in [0.3, 0.4) is 0 Å². The number of amides is 1. The molecule has 0 radical (unpaired) electrons. The lowest BCUT2D eigenvalue weighted by Crippen LogP contribution is -2.42. The molecular formula is C17H28ClN3O2. The van der Waals surface area contributed by atoms with Gasteiger partial charge in [-0.05, 0) is 57.1 Å². The Hall–Kier alpha value is -1.30. The first-order valence-electron chi connectivity index (χ1n) is 8.20. The molecule has 6 heteroatoms. The molecular weight excluding hydrogens is 314 g/mol. The predicted octanol–water partition coefficient (Wildman–Crippen LogP) is 2.52. The molecule has 23 heavy (non-hydrogen) atoms. The minimum Gasteiger partial charge on any atom is -0.494 e. The summed E-state index contributed by atoms with van der Waals surface area (Å²) >= 11 is 0. The molecule has 1 atom stereocenters. The lowest BCUT2D eigenvalue weighted by molar-refractivity contribution is -0.117. The molecule has 1 aliphatic rings. The monoisotopic (exact) mass is 341 g/mol. The van der Waals surface area contributed by atoms with Crippen LogP contribution in [0.25, 0.3) is 0 Å². The average molecular weight is 342 g/mol. The Kier molecular flexibility index (Phi) is 8.99. The van der Waals surface area contributed by atoms with Crippen molar-refractivity contribution in [1.82, 2.24) is 10.2 Å². The fourth-order valence-corrected chi connectivity index (χ4v) is 2.82. The molecule has 1 aromatic carbocycles. The molecule has 1 saturated heterocycles. The molecule has 0 aromatic heterocycles. The zero-order valence-electron chi connectivity index (χ0n) is 14.0. The number of nitrogens with one attached hydrogen (secondary N) is 2. The van der Waals surface area contributed by atoms with E-state index >= 15 is 0 Å². The molecule has 0 bridgehead atoms. The van der Waals surface area contributed by atoms with Crippen molar-refractivity contribution in [1.29, 1.82) is 0 Å². The highest BCUT2D eigenvalue weighted by molar-refractivity contribution is 5.92. The Labute approximate surface area is 145 Å². The van der Waals surface area contributed by atoms with Crippen LogP contribution in [0.4, 0.5) is 5.69 Å². The summed E-state index contributed by atoms with van der Waals surface area (Å²) in [5.41, 5.74) is 0.814. The zero-order valence-corrected chi connectivity index (χ0v) is 14.8. The van der Waals surface area contributed by atoms with E-state index in [1.807, 2.05) is 31.2 Å². The Morgan fingerprint density at radius 3 is 2.65 bits per heavy atom. The molecule has 1 fully saturated rings. The average Bonchev–Trinajstić information content (AvgIpc) is 3.03. The highest BCUT2D eigenvalue weighted by atomic mass is 35.5. The van der Waals surface area contributed by atoms with E-state index in [0.29, 0.717) is 19.2 Å². The second-order valence-corrected chi connectivity index (χ2v) is 5.62. The molecule has 1 amide bonds. The fourth-order valence-electron chi connectivity index (χ4n) is 2.82. The number of hydrogen-bond donors (Lipinski definition) is 2. The van der Waals surface area contributed by atoms with Gasteiger partial charge in [0, 0.05) is 18.3 Å². The maximum atomic E-state index is 12.3. The summed E-state index contributed by atoms with van der Waals surface area (Å²) in [6.45, 7) is 8.20. The van der Waals surface area contributed by atoms with E-state index < -0.39 is 0 Å². The van der Waals surface area contributed by atoms with Gasteiger partial charge in [-0.2, -0.15) is 0 Å². The molecule has 1 heterocycles. The van der Waals surface area contributed by atoms with E-state index in [1.54, 1.807) is 0 Å². The zero-order chi connectivity index (χ0) is 15.8. The van der Waals surface area contributed by atoms with Crippen molar-refractivity contribution >= 4 is 24.0 Å². The summed E-state index contributed by atoms with van der Waals surface area (Å²) < 4.78 is 5.40. The SMILES string of the molecule is CCCN(CC(=O)Nc1ccc(OCC)cc1)C1CCNC1.Cl. The standard InChI is InChI=1S/C17H27N3O2.ClH/c1-3-11-20(15-9-10-18-12-15)13-17(21)19-14-5-7-16(8-6-14)22-4-2;/h5-8,15,18H,3-4,9-13H2,1-2H3,(H,19,21);1H. The second kappa shape index (κ2) is 10.5. The summed E-state index contributed by atoms with van der Waals surface area (Å²) in [7, 11) is 0. The minimum atomic E-state index is 0. The van der Waals surface area contributed by atoms with Crippen LogP contribution in [-0.4, -0.2) is 49.6 Å². The van der Waals surface area contributed by atoms with E-state index in [1.165, 1.54) is 0 Å². The van der Waals surface area contributed by atoms with E-state index in [2.05, 4.69) is 22.5 Å². The first kappa shape index (κ1) is 19.7. The molecule has 5 nitrogen and oxygen atoms in total. The highest BCUT2D eigenvalue weighted by Gasteiger charge is 2.23. The van der Waals surface area contributed by atoms with Crippen LogP contribution in [0.15, 0.2) is 24.3 Å². The number of rotatable bonds is 8. The smallest absolute Gasteiger partial charge is 0.238 e. The van der Waals surface area contributed by atoms with Gasteiger partial charge >= 0.3 is 0 Å². The van der Waals surface area contributed by atoms with Gasteiger partial charge in [0.15, 0.2) is 0 Å². The molecule has 1 aromatic rings. The molecule has 0 spiro atoms. The summed E-state index contributed by atoms with van der Waals surface area (Å²) in [5, 5.41) is 6.33. The Morgan fingerprint density at radius 2 is 2.09 bits per heavy atom. The normalized spacial score (nSPS) is 16.9. The second-order valence-electron chi connectivity index (χ2n) is 5.62. The number of carbonyl (C=O) groups is 1. The lowest BCUT2D eigenvalue weighted by Gasteiger charge is -2.27. The van der Waals surface area contributed by atoms with Crippen molar-refractivity contribution in [3.05, 3.63) is 24.3 Å². The summed E-state index contributed by atoms with van der Waals surface area (Å²) in [5.74, 6) is 0.870. The van der Waals surface area contributed by atoms with Gasteiger partial charge in [0.2, 0.25) is 5.91 Å². The molecule has 1 unspecified atom stereocenters. The van der Waals surface area contributed by atoms with Gasteiger partial charge in [-0.3, -0.25) is 9.69 Å². The van der Waals surface area contributed by atoms with Crippen molar-refractivity contribution in [3.8, 4) is 5.75 Å². The fraction of sp³-hybridized carbons (Fsp3) is 0.588. The van der Waals surface area contributed by atoms with Crippen molar-refractivity contribution in [3.63, 3.8) is 0 Å². The van der Waals surface area contributed by atoms with E-state index in [-0.39, 0.29) is 18.3 Å². The van der Waals surface area contributed by atoms with Crippen LogP contribution in [0, 0.1) is 0 Å². The maximum absolute atomic E-state index is 12.3. The Morgan fingerprint density at radius 1 is 1.35 bits per heavy atom. The van der Waals surface area contributed by atoms with Crippen LogP contribution in [0.1, 0.15) is 26.7 Å². The van der Waals surface area contributed by atoms with Crippen molar-refractivity contribution in [2.24, 2.45) is 0 Å². The van der Waals surface area contributed by atoms with E-state index in [4.69, 9.17) is 4.74 Å². The number of ether oxygens (including phenoxy) is 1. The molecule has 2 rings (SSSR count). The summed E-state index contributed by atoms with van der Waals surface area (Å²) in [6.07, 6.45) is 2.18. The van der Waals surface area contributed by atoms with Gasteiger partial charge in [0.1, 0.15) is 5.75 Å². The molecule has 0 aliphatic carbocycles. The molecule has 2 N–H and O–H groups in total. The third-order valence-corrected chi connectivity index (χ3v) is 3.86. The molecule has 1 aliphatic heterocycles. The lowest BCUT2D eigenvalue weighted by atomic mass is 10.2. The van der Waals surface area contributed by atoms with Crippen molar-refractivity contribution in [2.45, 2.75) is 32.7 Å². The van der Waals surface area contributed by atoms with Gasteiger partial charge in [-0.25, -0.2) is 0 Å². The topological polar surface area (TPSA) is 53.6 Å². The number of benzene rings is 1. The number of halogens is 1. The van der Waals surface area contributed by atoms with Gasteiger partial charge in [0.25, 0.3) is 0 Å². The minimum absolute atomic E-state index is 0. The third-order valence-electron chi connectivity index (χ3n) is 3.86. The van der Waals surface area contributed by atoms with Crippen LogP contribution >= 0.6 is 12.4 Å².